The topological polar surface area (TPSA) is 63.8 Å². The number of benzene rings is 1. The van der Waals surface area contributed by atoms with E-state index < -0.39 is 0 Å². The molecule has 100 valence electrons. The number of nitrogens with two attached hydrogens (primary N) is 1. The molecule has 0 aliphatic heterocycles. The zero-order valence-corrected chi connectivity index (χ0v) is 12.3. The number of aromatic nitrogens is 2. The first-order valence-corrected chi connectivity index (χ1v) is 7.11. The average Bonchev–Trinajstić information content (AvgIpc) is 2.43. The SMILES string of the molecule is CCc1nc(NN)c(C)c(Sc2ccccc2Cl)n1. The first-order valence-electron chi connectivity index (χ1n) is 5.92. The van der Waals surface area contributed by atoms with Crippen molar-refractivity contribution in [2.45, 2.75) is 30.2 Å². The first-order chi connectivity index (χ1) is 9.15. The lowest BCUT2D eigenvalue weighted by molar-refractivity contribution is 0.871. The molecule has 2 rings (SSSR count). The second-order valence-corrected chi connectivity index (χ2v) is 5.39. The number of hydrogen-bond acceptors (Lipinski definition) is 5. The molecule has 0 fully saturated rings. The van der Waals surface area contributed by atoms with Crippen molar-refractivity contribution in [3.8, 4) is 0 Å². The Labute approximate surface area is 121 Å². The van der Waals surface area contributed by atoms with Crippen LogP contribution in [0.15, 0.2) is 34.2 Å². The molecule has 0 bridgehead atoms. The van der Waals surface area contributed by atoms with Crippen LogP contribution in [0.4, 0.5) is 5.82 Å². The Bertz CT molecular complexity index is 589. The van der Waals surface area contributed by atoms with Crippen molar-refractivity contribution in [1.82, 2.24) is 9.97 Å². The van der Waals surface area contributed by atoms with Gasteiger partial charge >= 0.3 is 0 Å². The van der Waals surface area contributed by atoms with Crippen LogP contribution in [-0.4, -0.2) is 9.97 Å². The van der Waals surface area contributed by atoms with Gasteiger partial charge in [-0.2, -0.15) is 0 Å². The first kappa shape index (κ1) is 14.1. The minimum Gasteiger partial charge on any atom is -0.308 e. The smallest absolute Gasteiger partial charge is 0.147 e. The normalized spacial score (nSPS) is 10.5. The van der Waals surface area contributed by atoms with Gasteiger partial charge in [0.2, 0.25) is 0 Å². The highest BCUT2D eigenvalue weighted by molar-refractivity contribution is 7.99. The number of aryl methyl sites for hydroxylation is 1. The van der Waals surface area contributed by atoms with Crippen LogP contribution in [0.5, 0.6) is 0 Å². The number of nitrogens with zero attached hydrogens (tertiary/aromatic N) is 2. The lowest BCUT2D eigenvalue weighted by atomic mass is 10.3. The van der Waals surface area contributed by atoms with Crippen LogP contribution in [0.2, 0.25) is 5.02 Å². The standard InChI is InChI=1S/C13H15ClN4S/c1-3-11-16-12(18-15)8(2)13(17-11)19-10-7-5-4-6-9(10)14/h4-7H,3,15H2,1-2H3,(H,16,17,18). The van der Waals surface area contributed by atoms with Gasteiger partial charge in [0.05, 0.1) is 5.02 Å². The van der Waals surface area contributed by atoms with Gasteiger partial charge in [0.1, 0.15) is 16.7 Å². The van der Waals surface area contributed by atoms with Gasteiger partial charge in [-0.05, 0) is 19.1 Å². The van der Waals surface area contributed by atoms with Crippen LogP contribution in [0.3, 0.4) is 0 Å². The third-order valence-electron chi connectivity index (χ3n) is 2.64. The minimum atomic E-state index is 0.654. The highest BCUT2D eigenvalue weighted by atomic mass is 35.5. The fraction of sp³-hybridized carbons (Fsp3) is 0.231. The number of rotatable bonds is 4. The van der Waals surface area contributed by atoms with Gasteiger partial charge in [-0.1, -0.05) is 42.4 Å². The molecule has 1 heterocycles. The van der Waals surface area contributed by atoms with Crippen LogP contribution in [0.1, 0.15) is 18.3 Å². The molecule has 0 spiro atoms. The number of nitrogen functional groups attached to an aromatic ring is 1. The lowest BCUT2D eigenvalue weighted by Crippen LogP contribution is -2.13. The maximum atomic E-state index is 6.17. The molecule has 19 heavy (non-hydrogen) atoms. The quantitative estimate of drug-likeness (QED) is 0.514. The molecule has 3 N–H and O–H groups in total. The highest BCUT2D eigenvalue weighted by Crippen LogP contribution is 2.35. The summed E-state index contributed by atoms with van der Waals surface area (Å²) in [6.45, 7) is 3.95. The van der Waals surface area contributed by atoms with Gasteiger partial charge in [-0.15, -0.1) is 0 Å². The van der Waals surface area contributed by atoms with Gasteiger partial charge in [0.15, 0.2) is 0 Å². The Balaban J connectivity index is 2.42. The summed E-state index contributed by atoms with van der Waals surface area (Å²) in [6.07, 6.45) is 0.755. The number of anilines is 1. The summed E-state index contributed by atoms with van der Waals surface area (Å²) >= 11 is 7.69. The molecular formula is C13H15ClN4S. The van der Waals surface area contributed by atoms with Gasteiger partial charge < -0.3 is 5.43 Å². The Morgan fingerprint density at radius 1 is 1.32 bits per heavy atom. The predicted octanol–water partition coefficient (Wildman–Crippen LogP) is 3.44. The molecule has 0 saturated carbocycles. The number of halogens is 1. The Morgan fingerprint density at radius 2 is 2.05 bits per heavy atom. The van der Waals surface area contributed by atoms with Crippen LogP contribution in [0.25, 0.3) is 0 Å². The van der Waals surface area contributed by atoms with E-state index in [4.69, 9.17) is 17.4 Å². The van der Waals surface area contributed by atoms with Gasteiger partial charge in [0, 0.05) is 16.9 Å². The van der Waals surface area contributed by atoms with E-state index in [0.29, 0.717) is 10.8 Å². The van der Waals surface area contributed by atoms with E-state index >= 15 is 0 Å². The minimum absolute atomic E-state index is 0.654. The summed E-state index contributed by atoms with van der Waals surface area (Å²) in [6, 6.07) is 7.69. The molecule has 2 aromatic rings. The van der Waals surface area contributed by atoms with E-state index in [2.05, 4.69) is 15.4 Å². The number of hydrogen-bond donors (Lipinski definition) is 2. The molecule has 0 aliphatic rings. The summed E-state index contributed by atoms with van der Waals surface area (Å²) < 4.78 is 0. The molecule has 0 amide bonds. The van der Waals surface area contributed by atoms with Gasteiger partial charge in [-0.25, -0.2) is 15.8 Å². The molecule has 4 nitrogen and oxygen atoms in total. The Morgan fingerprint density at radius 3 is 2.68 bits per heavy atom. The van der Waals surface area contributed by atoms with Crippen molar-refractivity contribution < 1.29 is 0 Å². The molecule has 0 saturated heterocycles. The molecule has 0 unspecified atom stereocenters. The Hall–Kier alpha value is -1.30. The zero-order valence-electron chi connectivity index (χ0n) is 10.8. The molecule has 0 radical (unpaired) electrons. The van der Waals surface area contributed by atoms with E-state index in [1.807, 2.05) is 38.1 Å². The second-order valence-electron chi connectivity index (χ2n) is 3.95. The number of nitrogens with one attached hydrogen (secondary N) is 1. The van der Waals surface area contributed by atoms with E-state index in [0.717, 1.165) is 27.7 Å². The summed E-state index contributed by atoms with van der Waals surface area (Å²) in [5.74, 6) is 6.90. The molecule has 1 aromatic heterocycles. The monoisotopic (exact) mass is 294 g/mol. The van der Waals surface area contributed by atoms with Crippen molar-refractivity contribution in [2.75, 3.05) is 5.43 Å². The van der Waals surface area contributed by atoms with Crippen molar-refractivity contribution >= 4 is 29.2 Å². The van der Waals surface area contributed by atoms with Crippen LogP contribution in [-0.2, 0) is 6.42 Å². The maximum Gasteiger partial charge on any atom is 0.147 e. The summed E-state index contributed by atoms with van der Waals surface area (Å²) in [4.78, 5) is 9.84. The molecular weight excluding hydrogens is 280 g/mol. The predicted molar refractivity (Wildman–Crippen MR) is 79.5 cm³/mol. The molecule has 6 heteroatoms. The third kappa shape index (κ3) is 3.18. The molecule has 1 aromatic carbocycles. The molecule has 0 aliphatic carbocycles. The van der Waals surface area contributed by atoms with Crippen molar-refractivity contribution in [3.63, 3.8) is 0 Å². The Kier molecular flexibility index (Phi) is 4.63. The van der Waals surface area contributed by atoms with Crippen LogP contribution >= 0.6 is 23.4 Å². The summed E-state index contributed by atoms with van der Waals surface area (Å²) in [5, 5.41) is 1.58. The zero-order chi connectivity index (χ0) is 13.8. The highest BCUT2D eigenvalue weighted by Gasteiger charge is 2.12. The van der Waals surface area contributed by atoms with E-state index in [-0.39, 0.29) is 0 Å². The van der Waals surface area contributed by atoms with Gasteiger partial charge in [0.25, 0.3) is 0 Å². The maximum absolute atomic E-state index is 6.17. The van der Waals surface area contributed by atoms with E-state index in [1.54, 1.807) is 0 Å². The van der Waals surface area contributed by atoms with Crippen LogP contribution < -0.4 is 11.3 Å². The van der Waals surface area contributed by atoms with E-state index in [9.17, 15) is 0 Å². The fourth-order valence-corrected chi connectivity index (χ4v) is 2.74. The number of hydrazine groups is 1. The van der Waals surface area contributed by atoms with Crippen LogP contribution in [0, 0.1) is 6.92 Å². The largest absolute Gasteiger partial charge is 0.308 e. The molecule has 0 atom stereocenters. The van der Waals surface area contributed by atoms with Crippen molar-refractivity contribution in [2.24, 2.45) is 5.84 Å². The van der Waals surface area contributed by atoms with Crippen molar-refractivity contribution in [1.29, 1.82) is 0 Å². The second kappa shape index (κ2) is 6.23. The summed E-state index contributed by atoms with van der Waals surface area (Å²) in [5.41, 5.74) is 3.53. The average molecular weight is 295 g/mol. The summed E-state index contributed by atoms with van der Waals surface area (Å²) in [7, 11) is 0. The fourth-order valence-electron chi connectivity index (χ4n) is 1.57. The van der Waals surface area contributed by atoms with Crippen molar-refractivity contribution in [3.05, 3.63) is 40.7 Å². The van der Waals surface area contributed by atoms with E-state index in [1.165, 1.54) is 11.8 Å². The third-order valence-corrected chi connectivity index (χ3v) is 4.25. The van der Waals surface area contributed by atoms with Gasteiger partial charge in [-0.3, -0.25) is 0 Å². The lowest BCUT2D eigenvalue weighted by Gasteiger charge is -2.11.